The van der Waals surface area contributed by atoms with E-state index in [0.717, 1.165) is 24.5 Å². The summed E-state index contributed by atoms with van der Waals surface area (Å²) in [5.74, 6) is 1.14. The SMILES string of the molecule is Cc1cc2c(cc1C)N(/C(N)=C/C(=N)N1CCCC1)CN2. The highest BCUT2D eigenvalue weighted by molar-refractivity contribution is 5.92. The van der Waals surface area contributed by atoms with Gasteiger partial charge in [-0.1, -0.05) is 0 Å². The van der Waals surface area contributed by atoms with Crippen molar-refractivity contribution in [2.45, 2.75) is 26.7 Å². The number of anilines is 2. The average molecular weight is 285 g/mol. The highest BCUT2D eigenvalue weighted by Gasteiger charge is 2.22. The zero-order valence-electron chi connectivity index (χ0n) is 12.7. The summed E-state index contributed by atoms with van der Waals surface area (Å²) in [6.07, 6.45) is 4.11. The van der Waals surface area contributed by atoms with Crippen LogP contribution in [0.4, 0.5) is 11.4 Å². The predicted molar refractivity (Wildman–Crippen MR) is 87.7 cm³/mol. The molecular weight excluding hydrogens is 262 g/mol. The van der Waals surface area contributed by atoms with E-state index in [0.29, 0.717) is 18.3 Å². The van der Waals surface area contributed by atoms with Crippen LogP contribution in [0.3, 0.4) is 0 Å². The fraction of sp³-hybridized carbons (Fsp3) is 0.438. The van der Waals surface area contributed by atoms with Crippen molar-refractivity contribution in [3.63, 3.8) is 0 Å². The van der Waals surface area contributed by atoms with E-state index in [9.17, 15) is 0 Å². The van der Waals surface area contributed by atoms with Gasteiger partial charge in [-0.2, -0.15) is 0 Å². The molecule has 0 radical (unpaired) electrons. The van der Waals surface area contributed by atoms with Gasteiger partial charge in [0.1, 0.15) is 11.7 Å². The molecule has 1 aromatic carbocycles. The Hall–Kier alpha value is -2.17. The number of fused-ring (bicyclic) bond motifs is 1. The minimum atomic E-state index is 0.516. The van der Waals surface area contributed by atoms with Crippen LogP contribution in [0.5, 0.6) is 0 Å². The van der Waals surface area contributed by atoms with Gasteiger partial charge in [0.2, 0.25) is 0 Å². The van der Waals surface area contributed by atoms with Crippen LogP contribution in [0.15, 0.2) is 24.0 Å². The zero-order chi connectivity index (χ0) is 15.0. The summed E-state index contributed by atoms with van der Waals surface area (Å²) in [6, 6.07) is 4.31. The van der Waals surface area contributed by atoms with Gasteiger partial charge in [0.05, 0.1) is 18.0 Å². The average Bonchev–Trinajstić information content (AvgIpc) is 3.08. The number of benzene rings is 1. The summed E-state index contributed by atoms with van der Waals surface area (Å²) in [5, 5.41) is 11.5. The molecule has 1 aromatic rings. The highest BCUT2D eigenvalue weighted by atomic mass is 15.3. The molecular formula is C16H23N5. The number of aryl methyl sites for hydroxylation is 2. The third-order valence-electron chi connectivity index (χ3n) is 4.37. The molecule has 4 N–H and O–H groups in total. The fourth-order valence-corrected chi connectivity index (χ4v) is 2.91. The predicted octanol–water partition coefficient (Wildman–Crippen LogP) is 2.37. The molecule has 0 amide bonds. The van der Waals surface area contributed by atoms with Crippen molar-refractivity contribution < 1.29 is 0 Å². The van der Waals surface area contributed by atoms with Crippen molar-refractivity contribution in [2.24, 2.45) is 5.73 Å². The lowest BCUT2D eigenvalue weighted by atomic mass is 10.1. The van der Waals surface area contributed by atoms with E-state index in [-0.39, 0.29) is 0 Å². The Bertz CT molecular complexity index is 599. The second kappa shape index (κ2) is 5.31. The van der Waals surface area contributed by atoms with Gasteiger partial charge in [-0.3, -0.25) is 5.41 Å². The van der Waals surface area contributed by atoms with Crippen molar-refractivity contribution in [1.29, 1.82) is 5.41 Å². The normalized spacial score (nSPS) is 17.9. The number of nitrogens with two attached hydrogens (primary N) is 1. The minimum Gasteiger partial charge on any atom is -0.385 e. The van der Waals surface area contributed by atoms with Crippen LogP contribution in [0, 0.1) is 19.3 Å². The van der Waals surface area contributed by atoms with E-state index in [4.69, 9.17) is 11.1 Å². The summed E-state index contributed by atoms with van der Waals surface area (Å²) >= 11 is 0. The molecule has 0 unspecified atom stereocenters. The Labute approximate surface area is 125 Å². The summed E-state index contributed by atoms with van der Waals surface area (Å²) in [5.41, 5.74) is 11.0. The molecule has 21 heavy (non-hydrogen) atoms. The lowest BCUT2D eigenvalue weighted by molar-refractivity contribution is 0.518. The summed E-state index contributed by atoms with van der Waals surface area (Å²) < 4.78 is 0. The molecule has 2 aliphatic rings. The van der Waals surface area contributed by atoms with Crippen molar-refractivity contribution in [3.05, 3.63) is 35.2 Å². The smallest absolute Gasteiger partial charge is 0.124 e. The molecule has 0 saturated carbocycles. The quantitative estimate of drug-likeness (QED) is 0.576. The van der Waals surface area contributed by atoms with Gasteiger partial charge in [-0.05, 0) is 49.9 Å². The lowest BCUT2D eigenvalue weighted by Gasteiger charge is -2.21. The number of hydrogen-bond donors (Lipinski definition) is 3. The minimum absolute atomic E-state index is 0.516. The Kier molecular flexibility index (Phi) is 3.49. The summed E-state index contributed by atoms with van der Waals surface area (Å²) in [4.78, 5) is 4.12. The number of nitrogens with one attached hydrogen (secondary N) is 2. The van der Waals surface area contributed by atoms with E-state index in [1.165, 1.54) is 24.0 Å². The maximum Gasteiger partial charge on any atom is 0.124 e. The van der Waals surface area contributed by atoms with E-state index in [1.807, 2.05) is 4.90 Å². The lowest BCUT2D eigenvalue weighted by Crippen LogP contribution is -2.31. The Morgan fingerprint density at radius 1 is 1.24 bits per heavy atom. The number of nitrogens with zero attached hydrogens (tertiary/aromatic N) is 2. The van der Waals surface area contributed by atoms with Crippen LogP contribution < -0.4 is 16.0 Å². The summed E-state index contributed by atoms with van der Waals surface area (Å²) in [6.45, 7) is 6.82. The van der Waals surface area contributed by atoms with Crippen molar-refractivity contribution >= 4 is 17.2 Å². The second-order valence-electron chi connectivity index (χ2n) is 5.87. The Morgan fingerprint density at radius 2 is 1.90 bits per heavy atom. The molecule has 1 saturated heterocycles. The first-order valence-electron chi connectivity index (χ1n) is 7.49. The molecule has 112 valence electrons. The van der Waals surface area contributed by atoms with Gasteiger partial charge in [-0.25, -0.2) is 0 Å². The van der Waals surface area contributed by atoms with Gasteiger partial charge < -0.3 is 20.9 Å². The second-order valence-corrected chi connectivity index (χ2v) is 5.87. The van der Waals surface area contributed by atoms with Gasteiger partial charge in [0, 0.05) is 19.2 Å². The standard InChI is InChI=1S/C16H23N5/c1-11-7-13-14(8-12(11)2)21(10-19-13)16(18)9-15(17)20-5-3-4-6-20/h7-9,17,19H,3-6,10,18H2,1-2H3/b16-9+,17-15?. The molecule has 2 aliphatic heterocycles. The van der Waals surface area contributed by atoms with Crippen LogP contribution in [0.1, 0.15) is 24.0 Å². The molecule has 3 rings (SSSR count). The molecule has 5 heteroatoms. The van der Waals surface area contributed by atoms with Gasteiger partial charge in [-0.15, -0.1) is 0 Å². The molecule has 0 bridgehead atoms. The van der Waals surface area contributed by atoms with Gasteiger partial charge in [0.15, 0.2) is 0 Å². The molecule has 0 aliphatic carbocycles. The largest absolute Gasteiger partial charge is 0.385 e. The van der Waals surface area contributed by atoms with Gasteiger partial charge >= 0.3 is 0 Å². The van der Waals surface area contributed by atoms with E-state index in [2.05, 4.69) is 36.2 Å². The zero-order valence-corrected chi connectivity index (χ0v) is 12.7. The first-order valence-corrected chi connectivity index (χ1v) is 7.49. The Morgan fingerprint density at radius 3 is 2.62 bits per heavy atom. The van der Waals surface area contributed by atoms with Crippen LogP contribution in [-0.2, 0) is 0 Å². The third-order valence-corrected chi connectivity index (χ3v) is 4.37. The van der Waals surface area contributed by atoms with E-state index < -0.39 is 0 Å². The molecule has 5 nitrogen and oxygen atoms in total. The first kappa shape index (κ1) is 13.8. The van der Waals surface area contributed by atoms with Crippen LogP contribution in [0.25, 0.3) is 0 Å². The van der Waals surface area contributed by atoms with Crippen LogP contribution in [-0.4, -0.2) is 30.5 Å². The molecule has 0 atom stereocenters. The topological polar surface area (TPSA) is 68.4 Å². The molecule has 0 aromatic heterocycles. The monoisotopic (exact) mass is 285 g/mol. The van der Waals surface area contributed by atoms with Crippen LogP contribution in [0.2, 0.25) is 0 Å². The van der Waals surface area contributed by atoms with E-state index >= 15 is 0 Å². The maximum atomic E-state index is 8.16. The highest BCUT2D eigenvalue weighted by Crippen LogP contribution is 2.35. The maximum absolute atomic E-state index is 8.16. The van der Waals surface area contributed by atoms with Crippen molar-refractivity contribution in [3.8, 4) is 0 Å². The van der Waals surface area contributed by atoms with Gasteiger partial charge in [0.25, 0.3) is 0 Å². The van der Waals surface area contributed by atoms with Crippen molar-refractivity contribution in [1.82, 2.24) is 4.90 Å². The molecule has 2 heterocycles. The number of likely N-dealkylation sites (tertiary alicyclic amines) is 1. The Balaban J connectivity index is 1.82. The first-order chi connectivity index (χ1) is 10.1. The molecule has 1 fully saturated rings. The molecule has 0 spiro atoms. The number of amidine groups is 1. The fourth-order valence-electron chi connectivity index (χ4n) is 2.91. The van der Waals surface area contributed by atoms with E-state index in [1.54, 1.807) is 6.08 Å². The number of rotatable bonds is 2. The number of hydrogen-bond acceptors (Lipinski definition) is 4. The third kappa shape index (κ3) is 2.55. The van der Waals surface area contributed by atoms with Crippen molar-refractivity contribution in [2.75, 3.05) is 30.0 Å². The summed E-state index contributed by atoms with van der Waals surface area (Å²) in [7, 11) is 0. The van der Waals surface area contributed by atoms with Crippen LogP contribution >= 0.6 is 0 Å².